The van der Waals surface area contributed by atoms with E-state index in [9.17, 15) is 0 Å². The average Bonchev–Trinajstić information content (AvgIpc) is 2.77. The largest absolute Gasteiger partial charge is 0.313 e. The molecule has 1 aliphatic heterocycles. The molecule has 0 saturated carbocycles. The van der Waals surface area contributed by atoms with Crippen LogP contribution in [-0.2, 0) is 0 Å². The standard InChI is InChI=1S/C14H29NS/c1-4-7-12(3)11-13(15-9-5-2)14-8-6-10-16-14/h12-15H,4-11H2,1-3H3. The van der Waals surface area contributed by atoms with Crippen molar-refractivity contribution in [3.05, 3.63) is 0 Å². The first-order valence-corrected chi connectivity index (χ1v) is 8.17. The first-order valence-electron chi connectivity index (χ1n) is 7.12. The molecule has 0 bridgehead atoms. The molecule has 1 rings (SSSR count). The van der Waals surface area contributed by atoms with Gasteiger partial charge in [0.25, 0.3) is 0 Å². The van der Waals surface area contributed by atoms with E-state index in [0.29, 0.717) is 0 Å². The Balaban J connectivity index is 2.35. The summed E-state index contributed by atoms with van der Waals surface area (Å²) >= 11 is 2.20. The summed E-state index contributed by atoms with van der Waals surface area (Å²) in [5, 5.41) is 4.67. The SMILES string of the molecule is CCCNC(CC(C)CCC)C1CCCS1. The predicted octanol–water partition coefficient (Wildman–Crippen LogP) is 4.08. The number of hydrogen-bond acceptors (Lipinski definition) is 2. The monoisotopic (exact) mass is 243 g/mol. The van der Waals surface area contributed by atoms with Gasteiger partial charge in [-0.1, -0.05) is 33.6 Å². The molecule has 0 aromatic rings. The van der Waals surface area contributed by atoms with E-state index in [0.717, 1.165) is 17.2 Å². The van der Waals surface area contributed by atoms with Crippen molar-refractivity contribution in [2.75, 3.05) is 12.3 Å². The number of hydrogen-bond donors (Lipinski definition) is 1. The highest BCUT2D eigenvalue weighted by Crippen LogP contribution is 2.31. The molecule has 1 N–H and O–H groups in total. The van der Waals surface area contributed by atoms with Crippen LogP contribution in [0.1, 0.15) is 59.3 Å². The Hall–Kier alpha value is 0.310. The molecule has 1 aliphatic rings. The zero-order valence-corrected chi connectivity index (χ0v) is 12.1. The zero-order chi connectivity index (χ0) is 11.8. The minimum atomic E-state index is 0.772. The molecular weight excluding hydrogens is 214 g/mol. The van der Waals surface area contributed by atoms with Crippen molar-refractivity contribution in [3.63, 3.8) is 0 Å². The molecule has 0 aromatic heterocycles. The van der Waals surface area contributed by atoms with E-state index in [2.05, 4.69) is 37.8 Å². The summed E-state index contributed by atoms with van der Waals surface area (Å²) in [5.41, 5.74) is 0. The molecule has 0 aliphatic carbocycles. The summed E-state index contributed by atoms with van der Waals surface area (Å²) in [6, 6.07) is 0.772. The van der Waals surface area contributed by atoms with Crippen LogP contribution >= 0.6 is 11.8 Å². The summed E-state index contributed by atoms with van der Waals surface area (Å²) in [6.45, 7) is 8.18. The highest BCUT2D eigenvalue weighted by Gasteiger charge is 2.26. The van der Waals surface area contributed by atoms with Gasteiger partial charge in [-0.25, -0.2) is 0 Å². The average molecular weight is 243 g/mol. The van der Waals surface area contributed by atoms with Gasteiger partial charge in [0.05, 0.1) is 0 Å². The van der Waals surface area contributed by atoms with E-state index < -0.39 is 0 Å². The molecule has 16 heavy (non-hydrogen) atoms. The lowest BCUT2D eigenvalue weighted by atomic mass is 9.94. The second-order valence-corrected chi connectivity index (χ2v) is 6.59. The summed E-state index contributed by atoms with van der Waals surface area (Å²) < 4.78 is 0. The minimum absolute atomic E-state index is 0.772. The highest BCUT2D eigenvalue weighted by molar-refractivity contribution is 8.00. The van der Waals surface area contributed by atoms with E-state index in [-0.39, 0.29) is 0 Å². The second-order valence-electron chi connectivity index (χ2n) is 5.24. The Kier molecular flexibility index (Phi) is 7.55. The minimum Gasteiger partial charge on any atom is -0.313 e. The molecule has 3 unspecified atom stereocenters. The van der Waals surface area contributed by atoms with Gasteiger partial charge in [0.2, 0.25) is 0 Å². The van der Waals surface area contributed by atoms with Crippen LogP contribution in [0.25, 0.3) is 0 Å². The van der Waals surface area contributed by atoms with Crippen LogP contribution in [-0.4, -0.2) is 23.6 Å². The molecule has 96 valence electrons. The molecule has 3 atom stereocenters. The maximum absolute atomic E-state index is 3.78. The zero-order valence-electron chi connectivity index (χ0n) is 11.3. The summed E-state index contributed by atoms with van der Waals surface area (Å²) in [5.74, 6) is 2.28. The molecule has 1 heterocycles. The van der Waals surface area contributed by atoms with Gasteiger partial charge in [0, 0.05) is 11.3 Å². The Morgan fingerprint density at radius 2 is 2.12 bits per heavy atom. The van der Waals surface area contributed by atoms with Gasteiger partial charge in [-0.3, -0.25) is 0 Å². The fraction of sp³-hybridized carbons (Fsp3) is 1.00. The third-order valence-electron chi connectivity index (χ3n) is 3.51. The van der Waals surface area contributed by atoms with Crippen LogP contribution in [0.2, 0.25) is 0 Å². The maximum atomic E-state index is 3.78. The van der Waals surface area contributed by atoms with Crippen molar-refractivity contribution in [2.24, 2.45) is 5.92 Å². The number of thioether (sulfide) groups is 1. The summed E-state index contributed by atoms with van der Waals surface area (Å²) in [7, 11) is 0. The van der Waals surface area contributed by atoms with Gasteiger partial charge < -0.3 is 5.32 Å². The molecule has 0 spiro atoms. The molecule has 1 saturated heterocycles. The van der Waals surface area contributed by atoms with E-state index in [1.165, 1.54) is 50.8 Å². The van der Waals surface area contributed by atoms with Gasteiger partial charge in [-0.15, -0.1) is 0 Å². The summed E-state index contributed by atoms with van der Waals surface area (Å²) in [6.07, 6.45) is 8.23. The van der Waals surface area contributed by atoms with Crippen LogP contribution < -0.4 is 5.32 Å². The predicted molar refractivity (Wildman–Crippen MR) is 76.3 cm³/mol. The van der Waals surface area contributed by atoms with Gasteiger partial charge in [-0.2, -0.15) is 11.8 Å². The van der Waals surface area contributed by atoms with Gasteiger partial charge >= 0.3 is 0 Å². The number of nitrogens with one attached hydrogen (secondary N) is 1. The van der Waals surface area contributed by atoms with E-state index in [1.807, 2.05) is 0 Å². The van der Waals surface area contributed by atoms with Crippen LogP contribution in [0.3, 0.4) is 0 Å². The van der Waals surface area contributed by atoms with E-state index >= 15 is 0 Å². The van der Waals surface area contributed by atoms with Crippen molar-refractivity contribution in [2.45, 2.75) is 70.6 Å². The fourth-order valence-corrected chi connectivity index (χ4v) is 4.07. The molecule has 1 fully saturated rings. The van der Waals surface area contributed by atoms with Crippen molar-refractivity contribution < 1.29 is 0 Å². The van der Waals surface area contributed by atoms with Crippen molar-refractivity contribution in [3.8, 4) is 0 Å². The van der Waals surface area contributed by atoms with Crippen LogP contribution in [0, 0.1) is 5.92 Å². The highest BCUT2D eigenvalue weighted by atomic mass is 32.2. The Labute approximate surface area is 106 Å². The van der Waals surface area contributed by atoms with Crippen molar-refractivity contribution in [1.29, 1.82) is 0 Å². The molecule has 2 heteroatoms. The lowest BCUT2D eigenvalue weighted by molar-refractivity contribution is 0.371. The van der Waals surface area contributed by atoms with Crippen molar-refractivity contribution >= 4 is 11.8 Å². The smallest absolute Gasteiger partial charge is 0.0201 e. The van der Waals surface area contributed by atoms with E-state index in [4.69, 9.17) is 0 Å². The maximum Gasteiger partial charge on any atom is 0.0201 e. The first kappa shape index (κ1) is 14.4. The van der Waals surface area contributed by atoms with Crippen LogP contribution in [0.4, 0.5) is 0 Å². The molecule has 0 amide bonds. The van der Waals surface area contributed by atoms with Gasteiger partial charge in [0.15, 0.2) is 0 Å². The second kappa shape index (κ2) is 8.41. The van der Waals surface area contributed by atoms with E-state index in [1.54, 1.807) is 0 Å². The van der Waals surface area contributed by atoms with Crippen LogP contribution in [0.15, 0.2) is 0 Å². The third kappa shape index (κ3) is 5.09. The molecular formula is C14H29NS. The first-order chi connectivity index (χ1) is 7.77. The lowest BCUT2D eigenvalue weighted by Gasteiger charge is -2.27. The van der Waals surface area contributed by atoms with Gasteiger partial charge in [-0.05, 0) is 43.9 Å². The quantitative estimate of drug-likeness (QED) is 0.689. The fourth-order valence-electron chi connectivity index (χ4n) is 2.66. The third-order valence-corrected chi connectivity index (χ3v) is 5.02. The molecule has 1 nitrogen and oxygen atoms in total. The summed E-state index contributed by atoms with van der Waals surface area (Å²) in [4.78, 5) is 0. The Morgan fingerprint density at radius 3 is 2.69 bits per heavy atom. The van der Waals surface area contributed by atoms with Crippen molar-refractivity contribution in [1.82, 2.24) is 5.32 Å². The normalized spacial score (nSPS) is 24.6. The van der Waals surface area contributed by atoms with Crippen LogP contribution in [0.5, 0.6) is 0 Å². The Morgan fingerprint density at radius 1 is 1.31 bits per heavy atom. The number of rotatable bonds is 8. The van der Waals surface area contributed by atoms with Gasteiger partial charge in [0.1, 0.15) is 0 Å². The molecule has 0 radical (unpaired) electrons. The Bertz CT molecular complexity index is 166. The molecule has 0 aromatic carbocycles. The topological polar surface area (TPSA) is 12.0 Å². The lowest BCUT2D eigenvalue weighted by Crippen LogP contribution is -2.39.